The van der Waals surface area contributed by atoms with E-state index in [0.717, 1.165) is 12.8 Å². The SMILES string of the molecule is CCCCCCC(=CC(=O)NC1CCCCC1)CCCCCC. The van der Waals surface area contributed by atoms with E-state index in [4.69, 9.17) is 0 Å². The predicted octanol–water partition coefficient (Wildman–Crippen LogP) is 6.30. The zero-order chi connectivity index (χ0) is 16.8. The van der Waals surface area contributed by atoms with Gasteiger partial charge in [-0.25, -0.2) is 0 Å². The Bertz CT molecular complexity index is 315. The van der Waals surface area contributed by atoms with E-state index >= 15 is 0 Å². The highest BCUT2D eigenvalue weighted by Crippen LogP contribution is 2.19. The van der Waals surface area contributed by atoms with Gasteiger partial charge in [0.15, 0.2) is 0 Å². The Morgan fingerprint density at radius 2 is 1.43 bits per heavy atom. The van der Waals surface area contributed by atoms with Gasteiger partial charge in [-0.2, -0.15) is 0 Å². The van der Waals surface area contributed by atoms with Crippen molar-refractivity contribution in [2.24, 2.45) is 0 Å². The first-order valence-electron chi connectivity index (χ1n) is 10.3. The molecule has 0 aromatic carbocycles. The lowest BCUT2D eigenvalue weighted by Crippen LogP contribution is -2.35. The number of amides is 1. The molecule has 1 amide bonds. The van der Waals surface area contributed by atoms with Gasteiger partial charge in [-0.1, -0.05) is 77.2 Å². The summed E-state index contributed by atoms with van der Waals surface area (Å²) in [5, 5.41) is 3.24. The minimum Gasteiger partial charge on any atom is -0.350 e. The van der Waals surface area contributed by atoms with Crippen LogP contribution >= 0.6 is 0 Å². The quantitative estimate of drug-likeness (QED) is 0.331. The van der Waals surface area contributed by atoms with Crippen LogP contribution in [-0.4, -0.2) is 11.9 Å². The Morgan fingerprint density at radius 3 is 1.96 bits per heavy atom. The van der Waals surface area contributed by atoms with Crippen LogP contribution in [0.15, 0.2) is 11.6 Å². The summed E-state index contributed by atoms with van der Waals surface area (Å²) in [5.41, 5.74) is 1.38. The van der Waals surface area contributed by atoms with Crippen molar-refractivity contribution in [2.45, 2.75) is 116 Å². The van der Waals surface area contributed by atoms with E-state index in [9.17, 15) is 4.79 Å². The molecule has 1 fully saturated rings. The van der Waals surface area contributed by atoms with Gasteiger partial charge >= 0.3 is 0 Å². The molecule has 2 heteroatoms. The molecule has 0 aromatic rings. The van der Waals surface area contributed by atoms with E-state index < -0.39 is 0 Å². The largest absolute Gasteiger partial charge is 0.350 e. The molecule has 1 N–H and O–H groups in total. The van der Waals surface area contributed by atoms with Gasteiger partial charge in [0, 0.05) is 12.1 Å². The molecule has 1 saturated carbocycles. The van der Waals surface area contributed by atoms with Gasteiger partial charge in [0.2, 0.25) is 5.91 Å². The van der Waals surface area contributed by atoms with E-state index in [1.807, 2.05) is 6.08 Å². The summed E-state index contributed by atoms with van der Waals surface area (Å²) in [6, 6.07) is 0.425. The molecule has 23 heavy (non-hydrogen) atoms. The van der Waals surface area contributed by atoms with E-state index in [1.54, 1.807) is 0 Å². The number of allylic oxidation sites excluding steroid dienone is 1. The van der Waals surface area contributed by atoms with Crippen molar-refractivity contribution >= 4 is 5.91 Å². The van der Waals surface area contributed by atoms with Gasteiger partial charge in [0.05, 0.1) is 0 Å². The van der Waals surface area contributed by atoms with Crippen molar-refractivity contribution in [2.75, 3.05) is 0 Å². The summed E-state index contributed by atoms with van der Waals surface area (Å²) in [6.45, 7) is 4.50. The lowest BCUT2D eigenvalue weighted by Gasteiger charge is -2.22. The maximum Gasteiger partial charge on any atom is 0.244 e. The number of carbonyl (C=O) groups excluding carboxylic acids is 1. The van der Waals surface area contributed by atoms with E-state index in [0.29, 0.717) is 6.04 Å². The maximum atomic E-state index is 12.3. The van der Waals surface area contributed by atoms with Crippen molar-refractivity contribution in [1.29, 1.82) is 0 Å². The summed E-state index contributed by atoms with van der Waals surface area (Å²) >= 11 is 0. The minimum absolute atomic E-state index is 0.165. The van der Waals surface area contributed by atoms with Crippen molar-refractivity contribution in [3.05, 3.63) is 11.6 Å². The molecule has 0 spiro atoms. The first kappa shape index (κ1) is 20.3. The molecule has 0 unspecified atom stereocenters. The highest BCUT2D eigenvalue weighted by molar-refractivity contribution is 5.88. The molecule has 1 rings (SSSR count). The van der Waals surface area contributed by atoms with Crippen LogP contribution in [0.5, 0.6) is 0 Å². The molecule has 0 atom stereocenters. The third kappa shape index (κ3) is 10.6. The molecular formula is C21H39NO. The van der Waals surface area contributed by atoms with Gasteiger partial charge in [0.25, 0.3) is 0 Å². The van der Waals surface area contributed by atoms with Crippen LogP contribution in [0.3, 0.4) is 0 Å². The topological polar surface area (TPSA) is 29.1 Å². The molecule has 1 aliphatic carbocycles. The smallest absolute Gasteiger partial charge is 0.244 e. The van der Waals surface area contributed by atoms with Gasteiger partial charge in [-0.15, -0.1) is 0 Å². The number of rotatable bonds is 12. The molecule has 0 aromatic heterocycles. The van der Waals surface area contributed by atoms with E-state index in [1.165, 1.54) is 89.0 Å². The van der Waals surface area contributed by atoms with Gasteiger partial charge in [-0.3, -0.25) is 4.79 Å². The third-order valence-electron chi connectivity index (χ3n) is 4.99. The Balaban J connectivity index is 2.40. The molecular weight excluding hydrogens is 282 g/mol. The second kappa shape index (κ2) is 13.6. The minimum atomic E-state index is 0.165. The Hall–Kier alpha value is -0.790. The number of hydrogen-bond acceptors (Lipinski definition) is 1. The lowest BCUT2D eigenvalue weighted by atomic mass is 9.95. The van der Waals surface area contributed by atoms with E-state index in [-0.39, 0.29) is 5.91 Å². The normalized spacial score (nSPS) is 15.4. The molecule has 134 valence electrons. The average molecular weight is 322 g/mol. The van der Waals surface area contributed by atoms with Crippen molar-refractivity contribution in [1.82, 2.24) is 5.32 Å². The Morgan fingerprint density at radius 1 is 0.870 bits per heavy atom. The van der Waals surface area contributed by atoms with Crippen LogP contribution in [0.4, 0.5) is 0 Å². The van der Waals surface area contributed by atoms with Crippen molar-refractivity contribution < 1.29 is 4.79 Å². The number of nitrogens with one attached hydrogen (secondary N) is 1. The number of unbranched alkanes of at least 4 members (excludes halogenated alkanes) is 6. The second-order valence-corrected chi connectivity index (χ2v) is 7.27. The van der Waals surface area contributed by atoms with Gasteiger partial charge in [0.1, 0.15) is 0 Å². The first-order chi connectivity index (χ1) is 11.3. The highest BCUT2D eigenvalue weighted by atomic mass is 16.1. The number of carbonyl (C=O) groups is 1. The molecule has 0 bridgehead atoms. The molecule has 0 heterocycles. The summed E-state index contributed by atoms with van der Waals surface area (Å²) in [4.78, 5) is 12.3. The summed E-state index contributed by atoms with van der Waals surface area (Å²) in [7, 11) is 0. The number of hydrogen-bond donors (Lipinski definition) is 1. The maximum absolute atomic E-state index is 12.3. The zero-order valence-electron chi connectivity index (χ0n) is 15.7. The fourth-order valence-corrected chi connectivity index (χ4v) is 3.50. The van der Waals surface area contributed by atoms with Crippen LogP contribution in [-0.2, 0) is 4.79 Å². The molecule has 0 radical (unpaired) electrons. The molecule has 2 nitrogen and oxygen atoms in total. The molecule has 0 saturated heterocycles. The highest BCUT2D eigenvalue weighted by Gasteiger charge is 2.14. The summed E-state index contributed by atoms with van der Waals surface area (Å²) in [6.07, 6.45) is 20.6. The van der Waals surface area contributed by atoms with Crippen molar-refractivity contribution in [3.8, 4) is 0 Å². The Labute approximate surface area is 144 Å². The van der Waals surface area contributed by atoms with Crippen LogP contribution in [0.25, 0.3) is 0 Å². The third-order valence-corrected chi connectivity index (χ3v) is 4.99. The van der Waals surface area contributed by atoms with Crippen LogP contribution in [0, 0.1) is 0 Å². The van der Waals surface area contributed by atoms with Crippen LogP contribution < -0.4 is 5.32 Å². The predicted molar refractivity (Wildman–Crippen MR) is 101 cm³/mol. The summed E-state index contributed by atoms with van der Waals surface area (Å²) < 4.78 is 0. The van der Waals surface area contributed by atoms with Crippen LogP contribution in [0.1, 0.15) is 110 Å². The fraction of sp³-hybridized carbons (Fsp3) is 0.857. The molecule has 0 aliphatic heterocycles. The lowest BCUT2D eigenvalue weighted by molar-refractivity contribution is -0.117. The van der Waals surface area contributed by atoms with E-state index in [2.05, 4.69) is 19.2 Å². The second-order valence-electron chi connectivity index (χ2n) is 7.27. The fourth-order valence-electron chi connectivity index (χ4n) is 3.50. The first-order valence-corrected chi connectivity index (χ1v) is 10.3. The molecule has 1 aliphatic rings. The van der Waals surface area contributed by atoms with Crippen molar-refractivity contribution in [3.63, 3.8) is 0 Å². The average Bonchev–Trinajstić information content (AvgIpc) is 2.56. The monoisotopic (exact) mass is 321 g/mol. The van der Waals surface area contributed by atoms with Gasteiger partial charge < -0.3 is 5.32 Å². The zero-order valence-corrected chi connectivity index (χ0v) is 15.7. The summed E-state index contributed by atoms with van der Waals surface area (Å²) in [5.74, 6) is 0.165. The van der Waals surface area contributed by atoms with Crippen LogP contribution in [0.2, 0.25) is 0 Å². The van der Waals surface area contributed by atoms with Gasteiger partial charge in [-0.05, 0) is 38.5 Å². The standard InChI is InChI=1S/C21H39NO/c1-3-5-7-10-14-19(15-11-8-6-4-2)18-21(23)22-20-16-12-9-13-17-20/h18,20H,3-17H2,1-2H3,(H,22,23). The Kier molecular flexibility index (Phi) is 12.0.